The number of halogens is 1. The van der Waals surface area contributed by atoms with E-state index in [0.717, 1.165) is 5.56 Å². The summed E-state index contributed by atoms with van der Waals surface area (Å²) in [6.07, 6.45) is 3.87. The monoisotopic (exact) mass is 286 g/mol. The number of hydrogen-bond acceptors (Lipinski definition) is 3. The van der Waals surface area contributed by atoms with E-state index in [4.69, 9.17) is 0 Å². The van der Waals surface area contributed by atoms with Crippen molar-refractivity contribution in [3.63, 3.8) is 0 Å². The van der Waals surface area contributed by atoms with Gasteiger partial charge in [-0.1, -0.05) is 24.3 Å². The molecule has 3 nitrogen and oxygen atoms in total. The Bertz CT molecular complexity index is 660. The van der Waals surface area contributed by atoms with Crippen LogP contribution in [0.2, 0.25) is 0 Å². The van der Waals surface area contributed by atoms with Gasteiger partial charge in [-0.15, -0.1) is 0 Å². The Morgan fingerprint density at radius 2 is 1.76 bits per heavy atom. The molecule has 2 rings (SSSR count). The van der Waals surface area contributed by atoms with E-state index in [2.05, 4.69) is 0 Å². The number of allylic oxidation sites excluding steroid dienone is 1. The van der Waals surface area contributed by atoms with Crippen molar-refractivity contribution in [1.29, 1.82) is 0 Å². The molecule has 4 heteroatoms. The third-order valence-corrected chi connectivity index (χ3v) is 3.03. The van der Waals surface area contributed by atoms with Crippen molar-refractivity contribution in [2.24, 2.45) is 0 Å². The summed E-state index contributed by atoms with van der Waals surface area (Å²) in [6.45, 7) is 0. The molecule has 0 amide bonds. The van der Waals surface area contributed by atoms with E-state index in [9.17, 15) is 19.4 Å². The highest BCUT2D eigenvalue weighted by Crippen LogP contribution is 2.25. The van der Waals surface area contributed by atoms with E-state index in [1.54, 1.807) is 24.3 Å². The molecule has 0 fully saturated rings. The predicted octanol–water partition coefficient (Wildman–Crippen LogP) is 3.45. The summed E-state index contributed by atoms with van der Waals surface area (Å²) < 4.78 is 12.7. The number of rotatable bonds is 5. The SMILES string of the molecule is O=C(/C=C/c1ccc(O)c(O)c1)CCc1ccc(F)cc1. The molecule has 21 heavy (non-hydrogen) atoms. The Morgan fingerprint density at radius 1 is 1.05 bits per heavy atom. The number of ketones is 1. The molecule has 0 bridgehead atoms. The number of benzene rings is 2. The lowest BCUT2D eigenvalue weighted by molar-refractivity contribution is -0.114. The van der Waals surface area contributed by atoms with Crippen LogP contribution in [0.5, 0.6) is 11.5 Å². The van der Waals surface area contributed by atoms with Crippen LogP contribution in [0.3, 0.4) is 0 Å². The summed E-state index contributed by atoms with van der Waals surface area (Å²) in [5, 5.41) is 18.5. The summed E-state index contributed by atoms with van der Waals surface area (Å²) in [4.78, 5) is 11.7. The van der Waals surface area contributed by atoms with Crippen molar-refractivity contribution in [3.05, 3.63) is 65.5 Å². The average molecular weight is 286 g/mol. The predicted molar refractivity (Wildman–Crippen MR) is 78.5 cm³/mol. The van der Waals surface area contributed by atoms with Crippen molar-refractivity contribution >= 4 is 11.9 Å². The minimum atomic E-state index is -0.294. The molecule has 2 aromatic rings. The summed E-state index contributed by atoms with van der Waals surface area (Å²) in [5.41, 5.74) is 1.53. The summed E-state index contributed by atoms with van der Waals surface area (Å²) in [5.74, 6) is -0.783. The highest BCUT2D eigenvalue weighted by atomic mass is 19.1. The van der Waals surface area contributed by atoms with Gasteiger partial charge in [0.15, 0.2) is 17.3 Å². The van der Waals surface area contributed by atoms with E-state index in [1.165, 1.54) is 30.3 Å². The van der Waals surface area contributed by atoms with Crippen molar-refractivity contribution in [2.45, 2.75) is 12.8 Å². The third-order valence-electron chi connectivity index (χ3n) is 3.03. The number of carbonyl (C=O) groups is 1. The van der Waals surface area contributed by atoms with E-state index in [-0.39, 0.29) is 23.1 Å². The smallest absolute Gasteiger partial charge is 0.157 e. The molecule has 0 saturated carbocycles. The van der Waals surface area contributed by atoms with Gasteiger partial charge in [-0.3, -0.25) is 4.79 Å². The molecule has 0 saturated heterocycles. The number of phenols is 2. The number of aryl methyl sites for hydroxylation is 1. The molecule has 108 valence electrons. The molecule has 0 aliphatic heterocycles. The quantitative estimate of drug-likeness (QED) is 0.654. The van der Waals surface area contributed by atoms with Crippen molar-refractivity contribution in [1.82, 2.24) is 0 Å². The maximum absolute atomic E-state index is 12.7. The first-order valence-corrected chi connectivity index (χ1v) is 6.52. The second-order valence-corrected chi connectivity index (χ2v) is 4.67. The van der Waals surface area contributed by atoms with Crippen LogP contribution in [0.15, 0.2) is 48.5 Å². The number of carbonyl (C=O) groups excluding carboxylic acids is 1. The molecular weight excluding hydrogens is 271 g/mol. The molecule has 2 N–H and O–H groups in total. The highest BCUT2D eigenvalue weighted by molar-refractivity contribution is 5.93. The first-order valence-electron chi connectivity index (χ1n) is 6.52. The Morgan fingerprint density at radius 3 is 2.43 bits per heavy atom. The van der Waals surface area contributed by atoms with Crippen LogP contribution in [0.25, 0.3) is 6.08 Å². The van der Waals surface area contributed by atoms with Crippen LogP contribution < -0.4 is 0 Å². The zero-order valence-corrected chi connectivity index (χ0v) is 11.3. The van der Waals surface area contributed by atoms with Crippen LogP contribution in [0.1, 0.15) is 17.5 Å². The Labute approximate surface area is 122 Å². The van der Waals surface area contributed by atoms with Crippen LogP contribution >= 0.6 is 0 Å². The van der Waals surface area contributed by atoms with Gasteiger partial charge >= 0.3 is 0 Å². The van der Waals surface area contributed by atoms with Crippen molar-refractivity contribution in [3.8, 4) is 11.5 Å². The van der Waals surface area contributed by atoms with Gasteiger partial charge in [0.1, 0.15) is 5.82 Å². The molecule has 0 aliphatic rings. The molecule has 0 aromatic heterocycles. The molecule has 2 aromatic carbocycles. The fraction of sp³-hybridized carbons (Fsp3) is 0.118. The van der Waals surface area contributed by atoms with E-state index < -0.39 is 0 Å². The summed E-state index contributed by atoms with van der Waals surface area (Å²) >= 11 is 0. The lowest BCUT2D eigenvalue weighted by atomic mass is 10.1. The second-order valence-electron chi connectivity index (χ2n) is 4.67. The van der Waals surface area contributed by atoms with Crippen LogP contribution in [-0.4, -0.2) is 16.0 Å². The minimum Gasteiger partial charge on any atom is -0.504 e. The molecule has 0 radical (unpaired) electrons. The fourth-order valence-corrected chi connectivity index (χ4v) is 1.84. The van der Waals surface area contributed by atoms with Gasteiger partial charge in [-0.25, -0.2) is 4.39 Å². The number of aromatic hydroxyl groups is 2. The third kappa shape index (κ3) is 4.45. The standard InChI is InChI=1S/C17H15FO3/c18-14-6-1-12(2-7-14)3-8-15(19)9-4-13-5-10-16(20)17(21)11-13/h1-2,4-7,9-11,20-21H,3,8H2/b9-4+. The van der Waals surface area contributed by atoms with Gasteiger partial charge in [-0.05, 0) is 47.9 Å². The zero-order chi connectivity index (χ0) is 15.2. The van der Waals surface area contributed by atoms with Gasteiger partial charge in [0, 0.05) is 6.42 Å². The number of hydrogen-bond donors (Lipinski definition) is 2. The minimum absolute atomic E-state index is 0.0631. The van der Waals surface area contributed by atoms with Gasteiger partial charge in [0.05, 0.1) is 0 Å². The first kappa shape index (κ1) is 14.8. The van der Waals surface area contributed by atoms with Crippen LogP contribution in [0.4, 0.5) is 4.39 Å². The van der Waals surface area contributed by atoms with E-state index >= 15 is 0 Å². The maximum Gasteiger partial charge on any atom is 0.157 e. The van der Waals surface area contributed by atoms with Crippen molar-refractivity contribution < 1.29 is 19.4 Å². The Kier molecular flexibility index (Phi) is 4.72. The summed E-state index contributed by atoms with van der Waals surface area (Å²) in [7, 11) is 0. The molecular formula is C17H15FO3. The van der Waals surface area contributed by atoms with Gasteiger partial charge in [0.2, 0.25) is 0 Å². The normalized spacial score (nSPS) is 10.9. The maximum atomic E-state index is 12.7. The topological polar surface area (TPSA) is 57.5 Å². The van der Waals surface area contributed by atoms with Gasteiger partial charge < -0.3 is 10.2 Å². The summed E-state index contributed by atoms with van der Waals surface area (Å²) in [6, 6.07) is 10.4. The molecule has 0 spiro atoms. The number of phenolic OH excluding ortho intramolecular Hbond substituents is 2. The van der Waals surface area contributed by atoms with Crippen molar-refractivity contribution in [2.75, 3.05) is 0 Å². The Hall–Kier alpha value is -2.62. The molecule has 0 heterocycles. The van der Waals surface area contributed by atoms with Gasteiger partial charge in [0.25, 0.3) is 0 Å². The van der Waals surface area contributed by atoms with Crippen LogP contribution in [-0.2, 0) is 11.2 Å². The lowest BCUT2D eigenvalue weighted by Gasteiger charge is -2.00. The highest BCUT2D eigenvalue weighted by Gasteiger charge is 2.01. The van der Waals surface area contributed by atoms with Gasteiger partial charge in [-0.2, -0.15) is 0 Å². The fourth-order valence-electron chi connectivity index (χ4n) is 1.84. The molecule has 0 aliphatic carbocycles. The second kappa shape index (κ2) is 6.70. The van der Waals surface area contributed by atoms with Crippen LogP contribution in [0, 0.1) is 5.82 Å². The first-order chi connectivity index (χ1) is 10.0. The Balaban J connectivity index is 1.90. The molecule has 0 unspecified atom stereocenters. The average Bonchev–Trinajstić information content (AvgIpc) is 2.48. The lowest BCUT2D eigenvalue weighted by Crippen LogP contribution is -1.96. The largest absolute Gasteiger partial charge is 0.504 e. The van der Waals surface area contributed by atoms with E-state index in [0.29, 0.717) is 18.4 Å². The molecule has 0 atom stereocenters. The zero-order valence-electron chi connectivity index (χ0n) is 11.3. The van der Waals surface area contributed by atoms with E-state index in [1.807, 2.05) is 0 Å².